The maximum Gasteiger partial charge on any atom is 0.377 e. The molecule has 0 heterocycles. The van der Waals surface area contributed by atoms with E-state index in [9.17, 15) is 36.7 Å². The number of hydrogen-bond donors (Lipinski definition) is 0. The van der Waals surface area contributed by atoms with Crippen molar-refractivity contribution >= 4 is 45.7 Å². The van der Waals surface area contributed by atoms with Crippen LogP contribution in [0.1, 0.15) is 98.3 Å². The molecule has 0 saturated heterocycles. The van der Waals surface area contributed by atoms with E-state index in [0.29, 0.717) is 37.5 Å². The van der Waals surface area contributed by atoms with Crippen LogP contribution in [0.2, 0.25) is 0 Å². The molecule has 6 aromatic carbocycles. The molecule has 0 N–H and O–H groups in total. The molecule has 8 nitrogen and oxygen atoms in total. The van der Waals surface area contributed by atoms with Gasteiger partial charge in [-0.1, -0.05) is 116 Å². The van der Waals surface area contributed by atoms with E-state index in [1.807, 2.05) is 13.8 Å². The summed E-state index contributed by atoms with van der Waals surface area (Å²) in [5, 5.41) is 0. The Balaban J connectivity index is 0.000000133. The van der Waals surface area contributed by atoms with Crippen LogP contribution in [0.25, 0.3) is 0 Å². The van der Waals surface area contributed by atoms with Crippen LogP contribution >= 0.6 is 0 Å². The number of hydrogen-bond acceptors (Lipinski definition) is 8. The minimum absolute atomic E-state index is 0.0146. The van der Waals surface area contributed by atoms with Crippen molar-refractivity contribution in [3.8, 4) is 0 Å². The van der Waals surface area contributed by atoms with Crippen LogP contribution < -0.4 is 0 Å². The molecule has 8 saturated carbocycles. The highest BCUT2D eigenvalue weighted by Gasteiger charge is 2.59. The summed E-state index contributed by atoms with van der Waals surface area (Å²) >= 11 is 0. The highest BCUT2D eigenvalue weighted by atomic mass is 32.2. The van der Waals surface area contributed by atoms with Gasteiger partial charge in [0, 0.05) is 13.8 Å². The van der Waals surface area contributed by atoms with Gasteiger partial charge in [0.05, 0.1) is 21.8 Å². The summed E-state index contributed by atoms with van der Waals surface area (Å²) in [4.78, 5) is 54.3. The third-order valence-electron chi connectivity index (χ3n) is 17.7. The molecule has 438 valence electrons. The Bertz CT molecular complexity index is 2690. The van der Waals surface area contributed by atoms with Crippen LogP contribution in [-0.4, -0.2) is 60.1 Å². The zero-order valence-corrected chi connectivity index (χ0v) is 49.4. The summed E-state index contributed by atoms with van der Waals surface area (Å²) in [6.07, 6.45) is 11.9. The van der Waals surface area contributed by atoms with Gasteiger partial charge in [0.1, 0.15) is 11.2 Å². The minimum Gasteiger partial charge on any atom is -0.456 e. The van der Waals surface area contributed by atoms with Gasteiger partial charge in [0.2, 0.25) is 0 Å². The number of esters is 4. The number of halogens is 4. The van der Waals surface area contributed by atoms with E-state index in [1.165, 1.54) is 42.2 Å². The zero-order chi connectivity index (χ0) is 58.8. The number of alkyl halides is 4. The van der Waals surface area contributed by atoms with Crippen LogP contribution in [-0.2, 0) is 59.9 Å². The second-order valence-corrected chi connectivity index (χ2v) is 27.5. The van der Waals surface area contributed by atoms with Gasteiger partial charge in [-0.25, -0.2) is 19.2 Å². The molecule has 14 heteroatoms. The van der Waals surface area contributed by atoms with Crippen molar-refractivity contribution in [3.63, 3.8) is 0 Å². The fourth-order valence-electron chi connectivity index (χ4n) is 14.3. The third kappa shape index (κ3) is 15.1. The molecule has 0 unspecified atom stereocenters. The van der Waals surface area contributed by atoms with Crippen molar-refractivity contribution in [2.24, 2.45) is 47.3 Å². The Kier molecular flexibility index (Phi) is 20.0. The van der Waals surface area contributed by atoms with E-state index in [-0.39, 0.29) is 21.8 Å². The lowest BCUT2D eigenvalue weighted by atomic mass is 9.49. The molecule has 0 spiro atoms. The van der Waals surface area contributed by atoms with Gasteiger partial charge in [0.25, 0.3) is 0 Å². The van der Waals surface area contributed by atoms with Crippen LogP contribution in [0, 0.1) is 47.3 Å². The standard InChI is InChI=1S/2C18H15S.C17H24F2O4.C16H22F2O4/c2*1-4-10-16(11-5-1)19(17-12-6-2-7-13-17)18-14-8-3-9-15-18;1-3-17(23-14(20)9-22-15(21)16(2,18)19)12-5-10-4-11(7-12)8-13(17)6-10;1-15(22-13(19)8-21-14(20)16(2,17)18)11-4-9-3-10(6-11)7-12(15)5-9/h2*1-15H;10-13H,3-9H2,1-2H3;9-12H,3-8H2,1-2H3/q2*+1;;. The molecule has 8 bridgehead atoms. The highest BCUT2D eigenvalue weighted by Crippen LogP contribution is 2.61. The largest absolute Gasteiger partial charge is 0.456 e. The summed E-state index contributed by atoms with van der Waals surface area (Å²) in [7, 11) is -0.0293. The summed E-state index contributed by atoms with van der Waals surface area (Å²) in [5.74, 6) is -7.64. The maximum absolute atomic E-state index is 12.8. The molecular weight excluding hydrogens is 1100 g/mol. The fraction of sp³-hybridized carbons (Fsp3) is 0.420. The number of rotatable bonds is 15. The van der Waals surface area contributed by atoms with Gasteiger partial charge in [0.15, 0.2) is 42.6 Å². The van der Waals surface area contributed by atoms with Crippen LogP contribution in [0.15, 0.2) is 211 Å². The predicted molar refractivity (Wildman–Crippen MR) is 314 cm³/mol. The Morgan fingerprint density at radius 3 is 0.892 bits per heavy atom. The molecule has 8 aliphatic rings. The lowest BCUT2D eigenvalue weighted by Crippen LogP contribution is -2.59. The molecule has 0 radical (unpaired) electrons. The first-order valence-electron chi connectivity index (χ1n) is 29.2. The van der Waals surface area contributed by atoms with Crippen LogP contribution in [0.4, 0.5) is 17.6 Å². The molecule has 6 aromatic rings. The van der Waals surface area contributed by atoms with Crippen molar-refractivity contribution in [3.05, 3.63) is 182 Å². The summed E-state index contributed by atoms with van der Waals surface area (Å²) in [6.45, 7) is 3.38. The van der Waals surface area contributed by atoms with E-state index in [2.05, 4.69) is 191 Å². The Hall–Kier alpha value is -6.38. The third-order valence-corrected chi connectivity index (χ3v) is 22.2. The highest BCUT2D eigenvalue weighted by molar-refractivity contribution is 7.97. The van der Waals surface area contributed by atoms with Crippen molar-refractivity contribution < 1.29 is 55.7 Å². The second kappa shape index (κ2) is 27.1. The zero-order valence-electron chi connectivity index (χ0n) is 47.7. The Morgan fingerprint density at radius 1 is 0.410 bits per heavy atom. The molecule has 14 rings (SSSR count). The smallest absolute Gasteiger partial charge is 0.377 e. The number of carbonyl (C=O) groups excluding carboxylic acids is 4. The SMILES string of the molecule is CC(F)(F)C(=O)OCC(=O)OC1(C)C2CC3CC(C2)CC1C3.CCC1(OC(=O)COC(=O)C(C)(F)F)C2CC3CC(C2)CC1C3.c1ccc([S+](c2ccccc2)c2ccccc2)cc1.c1ccc([S+](c2ccccc2)c2ccccc2)cc1. The summed E-state index contributed by atoms with van der Waals surface area (Å²) in [6, 6.07) is 64.3. The van der Waals surface area contributed by atoms with E-state index in [0.717, 1.165) is 81.5 Å². The normalized spacial score (nSPS) is 26.0. The molecule has 0 aromatic heterocycles. The lowest BCUT2D eigenvalue weighted by molar-refractivity contribution is -0.215. The first-order valence-corrected chi connectivity index (χ1v) is 31.6. The minimum atomic E-state index is -3.59. The van der Waals surface area contributed by atoms with E-state index in [4.69, 9.17) is 9.47 Å². The van der Waals surface area contributed by atoms with Gasteiger partial charge in [-0.15, -0.1) is 0 Å². The predicted octanol–water partition coefficient (Wildman–Crippen LogP) is 15.8. The summed E-state index contributed by atoms with van der Waals surface area (Å²) in [5.41, 5.74) is -1.03. The average Bonchev–Trinajstić information content (AvgIpc) is 2.13. The molecular formula is C69H76F4O8S2+2. The van der Waals surface area contributed by atoms with E-state index in [1.54, 1.807) is 0 Å². The van der Waals surface area contributed by atoms with Gasteiger partial charge in [-0.3, -0.25) is 0 Å². The molecule has 0 aliphatic heterocycles. The van der Waals surface area contributed by atoms with Crippen molar-refractivity contribution in [2.45, 2.75) is 151 Å². The molecule has 0 atom stereocenters. The first-order chi connectivity index (χ1) is 39.8. The van der Waals surface area contributed by atoms with Gasteiger partial charge >= 0.3 is 35.7 Å². The fourth-order valence-corrected chi connectivity index (χ4v) is 18.5. The van der Waals surface area contributed by atoms with Crippen molar-refractivity contribution in [2.75, 3.05) is 13.2 Å². The first kappa shape index (κ1) is 61.2. The Labute approximate surface area is 492 Å². The molecule has 0 amide bonds. The molecule has 8 aliphatic carbocycles. The molecule has 83 heavy (non-hydrogen) atoms. The quantitative estimate of drug-likeness (QED) is 0.0433. The van der Waals surface area contributed by atoms with Crippen LogP contribution in [0.5, 0.6) is 0 Å². The topological polar surface area (TPSA) is 105 Å². The second-order valence-electron chi connectivity index (χ2n) is 23.5. The van der Waals surface area contributed by atoms with E-state index >= 15 is 0 Å². The van der Waals surface area contributed by atoms with Gasteiger partial charge in [-0.05, 0) is 198 Å². The van der Waals surface area contributed by atoms with E-state index < -0.39 is 60.1 Å². The van der Waals surface area contributed by atoms with Gasteiger partial charge in [-0.2, -0.15) is 17.6 Å². The lowest BCUT2D eigenvalue weighted by Gasteiger charge is -2.60. The number of benzene rings is 6. The van der Waals surface area contributed by atoms with Crippen molar-refractivity contribution in [1.82, 2.24) is 0 Å². The van der Waals surface area contributed by atoms with Crippen LogP contribution in [0.3, 0.4) is 0 Å². The summed E-state index contributed by atoms with van der Waals surface area (Å²) < 4.78 is 71.1. The monoisotopic (exact) mass is 1170 g/mol. The Morgan fingerprint density at radius 2 is 0.651 bits per heavy atom. The van der Waals surface area contributed by atoms with Gasteiger partial charge < -0.3 is 18.9 Å². The average molecular weight is 1170 g/mol. The number of carbonyl (C=O) groups is 4. The van der Waals surface area contributed by atoms with Crippen molar-refractivity contribution in [1.29, 1.82) is 0 Å². The number of ether oxygens (including phenoxy) is 4. The maximum atomic E-state index is 12.8. The molecule has 8 fully saturated rings.